The molecule has 2 rings (SSSR count). The molecule has 0 radical (unpaired) electrons. The average molecular weight is 319 g/mol. The smallest absolute Gasteiger partial charge is 0.189 e. The van der Waals surface area contributed by atoms with E-state index < -0.39 is 15.4 Å². The minimum absolute atomic E-state index is 0.123. The molecule has 0 amide bonds. The molecular weight excluding hydrogens is 302 g/mol. The fourth-order valence-electron chi connectivity index (χ4n) is 2.04. The Labute approximate surface area is 122 Å². The molecule has 0 spiro atoms. The van der Waals surface area contributed by atoms with Crippen LogP contribution in [0.15, 0.2) is 0 Å². The van der Waals surface area contributed by atoms with Crippen LogP contribution in [0.4, 0.5) is 5.13 Å². The van der Waals surface area contributed by atoms with Crippen LogP contribution < -0.4 is 10.6 Å². The molecule has 1 fully saturated rings. The lowest BCUT2D eigenvalue weighted by molar-refractivity contribution is 0.474. The normalized spacial score (nSPS) is 25.2. The molecule has 2 N–H and O–H groups in total. The van der Waals surface area contributed by atoms with Gasteiger partial charge in [0.05, 0.1) is 22.7 Å². The monoisotopic (exact) mass is 319 g/mol. The summed E-state index contributed by atoms with van der Waals surface area (Å²) in [5, 5.41) is 7.27. The Morgan fingerprint density at radius 3 is 2.63 bits per heavy atom. The number of rotatable bonds is 2. The van der Waals surface area contributed by atoms with E-state index in [-0.39, 0.29) is 11.5 Å². The molecule has 106 valence electrons. The minimum Gasteiger partial charge on any atom is -0.356 e. The molecule has 1 aromatic heterocycles. The Morgan fingerprint density at radius 2 is 2.16 bits per heavy atom. The molecule has 2 heterocycles. The van der Waals surface area contributed by atoms with Crippen molar-refractivity contribution in [3.63, 3.8) is 0 Å². The molecule has 0 saturated carbocycles. The first-order valence-electron chi connectivity index (χ1n) is 5.93. The van der Waals surface area contributed by atoms with Crippen LogP contribution in [0, 0.1) is 13.8 Å². The van der Waals surface area contributed by atoms with Crippen molar-refractivity contribution in [2.24, 2.45) is 0 Å². The fraction of sp³-hybridized carbons (Fsp3) is 0.636. The number of nitrogens with zero attached hydrogens (tertiary/aromatic N) is 1. The van der Waals surface area contributed by atoms with Crippen LogP contribution in [0.5, 0.6) is 0 Å². The Morgan fingerprint density at radius 1 is 1.47 bits per heavy atom. The molecule has 0 bridgehead atoms. The van der Waals surface area contributed by atoms with Gasteiger partial charge in [-0.25, -0.2) is 13.4 Å². The Balaban J connectivity index is 1.98. The second kappa shape index (κ2) is 4.99. The summed E-state index contributed by atoms with van der Waals surface area (Å²) in [5.41, 5.74) is 0.495. The van der Waals surface area contributed by atoms with Crippen LogP contribution in [0.25, 0.3) is 0 Å². The predicted octanol–water partition coefficient (Wildman–Crippen LogP) is 1.62. The minimum atomic E-state index is -2.94. The zero-order valence-electron chi connectivity index (χ0n) is 11.1. The summed E-state index contributed by atoms with van der Waals surface area (Å²) >= 11 is 6.75. The Bertz CT molecular complexity index is 589. The predicted molar refractivity (Wildman–Crippen MR) is 82.6 cm³/mol. The number of aromatic nitrogens is 1. The van der Waals surface area contributed by atoms with Gasteiger partial charge in [0, 0.05) is 4.88 Å². The number of thiazole rings is 1. The van der Waals surface area contributed by atoms with Crippen LogP contribution >= 0.6 is 23.6 Å². The number of hydrogen-bond acceptors (Lipinski definition) is 5. The van der Waals surface area contributed by atoms with Crippen molar-refractivity contribution in [3.8, 4) is 0 Å². The second-order valence-electron chi connectivity index (χ2n) is 5.14. The summed E-state index contributed by atoms with van der Waals surface area (Å²) in [7, 11) is -2.94. The largest absolute Gasteiger partial charge is 0.356 e. The van der Waals surface area contributed by atoms with Crippen molar-refractivity contribution in [2.45, 2.75) is 32.7 Å². The maximum atomic E-state index is 11.5. The number of sulfone groups is 1. The standard InChI is InChI=1S/C11H17N3O2S3/c1-7-8(2)18-10(12-7)13-9(17)14-11(3)4-5-19(15,16)6-11/h4-6H2,1-3H3,(H2,12,13,14,17)/t11-/m1/s1. The maximum Gasteiger partial charge on any atom is 0.189 e. The molecule has 1 aliphatic heterocycles. The molecule has 1 aromatic rings. The van der Waals surface area contributed by atoms with Gasteiger partial charge in [-0.3, -0.25) is 0 Å². The summed E-state index contributed by atoms with van der Waals surface area (Å²) in [6.45, 7) is 5.82. The summed E-state index contributed by atoms with van der Waals surface area (Å²) in [4.78, 5) is 5.48. The number of hydrogen-bond donors (Lipinski definition) is 2. The third kappa shape index (κ3) is 3.64. The highest BCUT2D eigenvalue weighted by Gasteiger charge is 2.38. The molecule has 0 aromatic carbocycles. The van der Waals surface area contributed by atoms with Gasteiger partial charge in [0.2, 0.25) is 0 Å². The van der Waals surface area contributed by atoms with Gasteiger partial charge in [0.25, 0.3) is 0 Å². The zero-order valence-corrected chi connectivity index (χ0v) is 13.6. The maximum absolute atomic E-state index is 11.5. The van der Waals surface area contributed by atoms with Gasteiger partial charge in [-0.15, -0.1) is 11.3 Å². The zero-order chi connectivity index (χ0) is 14.3. The van der Waals surface area contributed by atoms with Gasteiger partial charge >= 0.3 is 0 Å². The van der Waals surface area contributed by atoms with Gasteiger partial charge in [-0.2, -0.15) is 0 Å². The molecule has 8 heteroatoms. The van der Waals surface area contributed by atoms with Crippen LogP contribution in [-0.2, 0) is 9.84 Å². The van der Waals surface area contributed by atoms with Crippen molar-refractivity contribution >= 4 is 43.6 Å². The van der Waals surface area contributed by atoms with Crippen molar-refractivity contribution in [3.05, 3.63) is 10.6 Å². The molecule has 19 heavy (non-hydrogen) atoms. The summed E-state index contributed by atoms with van der Waals surface area (Å²) in [6.07, 6.45) is 0.576. The van der Waals surface area contributed by atoms with Gasteiger partial charge in [-0.05, 0) is 39.4 Å². The van der Waals surface area contributed by atoms with E-state index in [1.54, 1.807) is 0 Å². The number of aryl methyl sites for hydroxylation is 2. The Hall–Kier alpha value is -0.730. The van der Waals surface area contributed by atoms with Crippen molar-refractivity contribution in [1.82, 2.24) is 10.3 Å². The van der Waals surface area contributed by atoms with Gasteiger partial charge in [0.15, 0.2) is 20.1 Å². The van der Waals surface area contributed by atoms with Crippen LogP contribution in [0.2, 0.25) is 0 Å². The van der Waals surface area contributed by atoms with Gasteiger partial charge < -0.3 is 10.6 Å². The van der Waals surface area contributed by atoms with E-state index in [0.717, 1.165) is 15.7 Å². The third-order valence-corrected chi connectivity index (χ3v) is 6.26. The third-order valence-electron chi connectivity index (χ3n) is 3.17. The summed E-state index contributed by atoms with van der Waals surface area (Å²) in [5.74, 6) is 0.340. The van der Waals surface area contributed by atoms with E-state index in [9.17, 15) is 8.42 Å². The van der Waals surface area contributed by atoms with E-state index >= 15 is 0 Å². The van der Waals surface area contributed by atoms with E-state index in [1.165, 1.54) is 11.3 Å². The highest BCUT2D eigenvalue weighted by Crippen LogP contribution is 2.24. The highest BCUT2D eigenvalue weighted by molar-refractivity contribution is 7.91. The lowest BCUT2D eigenvalue weighted by atomic mass is 10.0. The first kappa shape index (κ1) is 14.7. The fourth-order valence-corrected chi connectivity index (χ4v) is 5.36. The van der Waals surface area contributed by atoms with Crippen molar-refractivity contribution in [1.29, 1.82) is 0 Å². The van der Waals surface area contributed by atoms with E-state index in [0.29, 0.717) is 11.5 Å². The number of anilines is 1. The van der Waals surface area contributed by atoms with Crippen LogP contribution in [-0.4, -0.2) is 35.6 Å². The first-order valence-corrected chi connectivity index (χ1v) is 8.97. The van der Waals surface area contributed by atoms with Crippen LogP contribution in [0.3, 0.4) is 0 Å². The molecule has 0 aliphatic carbocycles. The molecular formula is C11H17N3O2S3. The number of nitrogens with one attached hydrogen (secondary N) is 2. The summed E-state index contributed by atoms with van der Waals surface area (Å²) in [6, 6.07) is 0. The number of thiocarbonyl (C=S) groups is 1. The van der Waals surface area contributed by atoms with Gasteiger partial charge in [-0.1, -0.05) is 0 Å². The average Bonchev–Trinajstić information content (AvgIpc) is 2.67. The lowest BCUT2D eigenvalue weighted by Crippen LogP contribution is -2.48. The highest BCUT2D eigenvalue weighted by atomic mass is 32.2. The van der Waals surface area contributed by atoms with E-state index in [4.69, 9.17) is 12.2 Å². The SMILES string of the molecule is Cc1nc(NC(=S)N[C@]2(C)CCS(=O)(=O)C2)sc1C. The topological polar surface area (TPSA) is 71.1 Å². The molecule has 1 saturated heterocycles. The Kier molecular flexibility index (Phi) is 3.85. The quantitative estimate of drug-likeness (QED) is 0.807. The van der Waals surface area contributed by atoms with Crippen molar-refractivity contribution in [2.75, 3.05) is 16.8 Å². The van der Waals surface area contributed by atoms with Crippen LogP contribution in [0.1, 0.15) is 23.9 Å². The first-order chi connectivity index (χ1) is 8.69. The van der Waals surface area contributed by atoms with E-state index in [1.807, 2.05) is 20.8 Å². The second-order valence-corrected chi connectivity index (χ2v) is 8.94. The van der Waals surface area contributed by atoms with E-state index in [2.05, 4.69) is 15.6 Å². The van der Waals surface area contributed by atoms with Crippen molar-refractivity contribution < 1.29 is 8.42 Å². The molecule has 1 aliphatic rings. The molecule has 0 unspecified atom stereocenters. The molecule has 1 atom stereocenters. The van der Waals surface area contributed by atoms with Gasteiger partial charge in [0.1, 0.15) is 0 Å². The molecule has 5 nitrogen and oxygen atoms in total. The lowest BCUT2D eigenvalue weighted by Gasteiger charge is -2.25. The summed E-state index contributed by atoms with van der Waals surface area (Å²) < 4.78 is 23.0.